The molecule has 2 saturated heterocycles. The van der Waals surface area contributed by atoms with E-state index in [9.17, 15) is 40.9 Å². The van der Waals surface area contributed by atoms with Gasteiger partial charge in [-0.3, -0.25) is 0 Å². The van der Waals surface area contributed by atoms with E-state index < -0.39 is 79.7 Å². The molecule has 10 atom stereocenters. The summed E-state index contributed by atoms with van der Waals surface area (Å²) in [6, 6.07) is 0. The molecule has 0 saturated carbocycles. The van der Waals surface area contributed by atoms with Crippen LogP contribution < -0.4 is 0 Å². The van der Waals surface area contributed by atoms with E-state index in [2.05, 4.69) is 11.8 Å². The minimum atomic E-state index is -1.56. The number of hydrogen-bond donors (Lipinski definition) is 8. The molecule has 0 bridgehead atoms. The molecule has 0 amide bonds. The maximum atomic E-state index is 10.2. The topological polar surface area (TPSA) is 180 Å². The number of hydrogen-bond acceptors (Lipinski definition) is 10. The number of aliphatic hydroxyl groups excluding tert-OH is 8. The van der Waals surface area contributed by atoms with E-state index >= 15 is 0 Å². The predicted octanol–water partition coefficient (Wildman–Crippen LogP) is -4.30. The average molecular weight is 392 g/mol. The molecule has 8 N–H and O–H groups in total. The highest BCUT2D eigenvalue weighted by Crippen LogP contribution is 2.33. The largest absolute Gasteiger partial charge is 0.394 e. The van der Waals surface area contributed by atoms with E-state index in [4.69, 9.17) is 9.47 Å². The van der Waals surface area contributed by atoms with Gasteiger partial charge in [0.2, 0.25) is 0 Å². The van der Waals surface area contributed by atoms with Crippen molar-refractivity contribution in [1.29, 1.82) is 0 Å². The van der Waals surface area contributed by atoms with E-state index in [-0.39, 0.29) is 0 Å². The first-order chi connectivity index (χ1) is 12.5. The quantitative estimate of drug-likeness (QED) is 0.219. The molecule has 0 aromatic carbocycles. The second-order valence-electron chi connectivity index (χ2n) is 7.49. The van der Waals surface area contributed by atoms with E-state index in [1.165, 1.54) is 0 Å². The maximum Gasteiger partial charge on any atom is 0.147 e. The van der Waals surface area contributed by atoms with E-state index in [0.29, 0.717) is 0 Å². The standard InChI is InChI=1S/C17H28O10/c1-17(2,16-15(25)14(24)12(22)9(6-19)27-16)4-3-7-10(20)13(23)11(21)8(5-18)26-7/h7-16,18-25H,5-6H2,1-2H3/t7-,8-,9-,10-,11-,12-,13-,14+,15+,16+/m1/s1. The predicted molar refractivity (Wildman–Crippen MR) is 89.1 cm³/mol. The Labute approximate surface area is 156 Å². The zero-order valence-corrected chi connectivity index (χ0v) is 15.1. The molecule has 156 valence electrons. The minimum absolute atomic E-state index is 0.572. The highest BCUT2D eigenvalue weighted by Gasteiger charge is 2.49. The van der Waals surface area contributed by atoms with Crippen molar-refractivity contribution < 1.29 is 50.3 Å². The lowest BCUT2D eigenvalue weighted by molar-refractivity contribution is -0.246. The molecular weight excluding hydrogens is 364 g/mol. The summed E-state index contributed by atoms with van der Waals surface area (Å²) in [7, 11) is 0. The molecular formula is C17H28O10. The van der Waals surface area contributed by atoms with Gasteiger partial charge in [-0.25, -0.2) is 0 Å². The van der Waals surface area contributed by atoms with Gasteiger partial charge in [0.05, 0.1) is 18.6 Å². The van der Waals surface area contributed by atoms with Gasteiger partial charge in [0.25, 0.3) is 0 Å². The molecule has 2 aliphatic rings. The van der Waals surface area contributed by atoms with Crippen molar-refractivity contribution in [3.8, 4) is 11.8 Å². The highest BCUT2D eigenvalue weighted by atomic mass is 16.6. The van der Waals surface area contributed by atoms with Crippen LogP contribution in [0.15, 0.2) is 0 Å². The third-order valence-electron chi connectivity index (χ3n) is 5.03. The lowest BCUT2D eigenvalue weighted by Gasteiger charge is -2.45. The summed E-state index contributed by atoms with van der Waals surface area (Å²) in [6.45, 7) is 2.00. The summed E-state index contributed by atoms with van der Waals surface area (Å²) >= 11 is 0. The second-order valence-corrected chi connectivity index (χ2v) is 7.49. The van der Waals surface area contributed by atoms with Gasteiger partial charge in [-0.1, -0.05) is 11.8 Å². The van der Waals surface area contributed by atoms with Crippen LogP contribution in [0.25, 0.3) is 0 Å². The van der Waals surface area contributed by atoms with Crippen LogP contribution in [0.2, 0.25) is 0 Å². The average Bonchev–Trinajstić information content (AvgIpc) is 2.63. The SMILES string of the molecule is CC(C)(C#C[C@H]1O[C@H](CO)[C@@H](O)[C@H](O)[C@@H]1O)[C@H]1O[C@H](CO)[C@@H](O)[C@H](O)[C@@H]1O. The van der Waals surface area contributed by atoms with Gasteiger partial charge in [0.1, 0.15) is 61.0 Å². The third kappa shape index (κ3) is 4.44. The molecule has 2 fully saturated rings. The van der Waals surface area contributed by atoms with Gasteiger partial charge in [-0.15, -0.1) is 0 Å². The molecule has 0 radical (unpaired) electrons. The normalized spacial score (nSPS) is 45.9. The minimum Gasteiger partial charge on any atom is -0.394 e. The number of ether oxygens (including phenoxy) is 2. The van der Waals surface area contributed by atoms with Crippen LogP contribution in [-0.2, 0) is 9.47 Å². The Balaban J connectivity index is 2.20. The lowest BCUT2D eigenvalue weighted by Crippen LogP contribution is -2.62. The molecule has 10 nitrogen and oxygen atoms in total. The van der Waals surface area contributed by atoms with Crippen LogP contribution in [0.4, 0.5) is 0 Å². The summed E-state index contributed by atoms with van der Waals surface area (Å²) in [5.41, 5.74) is -1.12. The number of rotatable bonds is 3. The van der Waals surface area contributed by atoms with Crippen molar-refractivity contribution in [3.05, 3.63) is 0 Å². The summed E-state index contributed by atoms with van der Waals surface area (Å²) in [6.07, 6.45) is -13.6. The molecule has 2 rings (SSSR count). The monoisotopic (exact) mass is 392 g/mol. The lowest BCUT2D eigenvalue weighted by atomic mass is 9.79. The van der Waals surface area contributed by atoms with E-state index in [1.807, 2.05) is 0 Å². The molecule has 2 aliphatic heterocycles. The van der Waals surface area contributed by atoms with Gasteiger partial charge in [0, 0.05) is 0 Å². The molecule has 0 spiro atoms. The fourth-order valence-corrected chi connectivity index (χ4v) is 3.25. The summed E-state index contributed by atoms with van der Waals surface area (Å²) in [5.74, 6) is 5.35. The molecule has 0 aromatic heterocycles. The van der Waals surface area contributed by atoms with Crippen molar-refractivity contribution >= 4 is 0 Å². The zero-order valence-electron chi connectivity index (χ0n) is 15.1. The van der Waals surface area contributed by atoms with Gasteiger partial charge < -0.3 is 50.3 Å². The maximum absolute atomic E-state index is 10.2. The summed E-state index contributed by atoms with van der Waals surface area (Å²) < 4.78 is 10.8. The molecule has 27 heavy (non-hydrogen) atoms. The smallest absolute Gasteiger partial charge is 0.147 e. The first-order valence-corrected chi connectivity index (χ1v) is 8.68. The van der Waals surface area contributed by atoms with E-state index in [0.717, 1.165) is 0 Å². The summed E-state index contributed by atoms with van der Waals surface area (Å²) in [5, 5.41) is 78.1. The summed E-state index contributed by atoms with van der Waals surface area (Å²) in [4.78, 5) is 0. The van der Waals surface area contributed by atoms with Crippen molar-refractivity contribution in [2.75, 3.05) is 13.2 Å². The first-order valence-electron chi connectivity index (χ1n) is 8.68. The van der Waals surface area contributed by atoms with Crippen LogP contribution in [0, 0.1) is 17.3 Å². The third-order valence-corrected chi connectivity index (χ3v) is 5.03. The fraction of sp³-hybridized carbons (Fsp3) is 0.882. The Morgan fingerprint density at radius 2 is 1.19 bits per heavy atom. The van der Waals surface area contributed by atoms with Crippen LogP contribution >= 0.6 is 0 Å². The highest BCUT2D eigenvalue weighted by molar-refractivity contribution is 5.20. The van der Waals surface area contributed by atoms with Gasteiger partial charge in [0.15, 0.2) is 0 Å². The molecule has 2 heterocycles. The van der Waals surface area contributed by atoms with Crippen molar-refractivity contribution in [2.24, 2.45) is 5.41 Å². The van der Waals surface area contributed by atoms with Gasteiger partial charge >= 0.3 is 0 Å². The van der Waals surface area contributed by atoms with Crippen molar-refractivity contribution in [1.82, 2.24) is 0 Å². The van der Waals surface area contributed by atoms with Crippen LogP contribution in [0.3, 0.4) is 0 Å². The van der Waals surface area contributed by atoms with Gasteiger partial charge in [-0.05, 0) is 13.8 Å². The van der Waals surface area contributed by atoms with Crippen LogP contribution in [0.5, 0.6) is 0 Å². The molecule has 0 aromatic rings. The Morgan fingerprint density at radius 3 is 1.70 bits per heavy atom. The second kappa shape index (κ2) is 8.67. The molecule has 10 heteroatoms. The fourth-order valence-electron chi connectivity index (χ4n) is 3.25. The Hall–Kier alpha value is -0.840. The van der Waals surface area contributed by atoms with Crippen LogP contribution in [-0.4, -0.2) is 115 Å². The van der Waals surface area contributed by atoms with Crippen molar-refractivity contribution in [2.45, 2.75) is 74.9 Å². The van der Waals surface area contributed by atoms with Crippen LogP contribution in [0.1, 0.15) is 13.8 Å². The first kappa shape index (κ1) is 22.4. The Bertz CT molecular complexity index is 554. The number of aliphatic hydroxyl groups is 8. The zero-order chi connectivity index (χ0) is 20.5. The Kier molecular flexibility index (Phi) is 7.21. The van der Waals surface area contributed by atoms with E-state index in [1.54, 1.807) is 13.8 Å². The van der Waals surface area contributed by atoms with Crippen molar-refractivity contribution in [3.63, 3.8) is 0 Å². The molecule has 0 unspecified atom stereocenters. The molecule has 0 aliphatic carbocycles. The van der Waals surface area contributed by atoms with Gasteiger partial charge in [-0.2, -0.15) is 0 Å². The Morgan fingerprint density at radius 1 is 0.704 bits per heavy atom.